The molecule has 2 aliphatic heterocycles. The van der Waals surface area contributed by atoms with E-state index in [9.17, 15) is 14.7 Å². The van der Waals surface area contributed by atoms with E-state index in [1.807, 2.05) is 18.2 Å². The zero-order chi connectivity index (χ0) is 22.3. The summed E-state index contributed by atoms with van der Waals surface area (Å²) in [4.78, 5) is 33.8. The summed E-state index contributed by atoms with van der Waals surface area (Å²) in [5, 5.41) is 10.1. The molecule has 0 radical (unpaired) electrons. The number of aromatic hydroxyl groups is 1. The molecule has 3 heterocycles. The quantitative estimate of drug-likeness (QED) is 0.739. The molecular weight excluding hydrogens is 406 g/mol. The van der Waals surface area contributed by atoms with E-state index in [0.717, 1.165) is 44.4 Å². The fourth-order valence-corrected chi connectivity index (χ4v) is 4.62. The maximum absolute atomic E-state index is 13.1. The van der Waals surface area contributed by atoms with Gasteiger partial charge in [0.1, 0.15) is 18.1 Å². The number of carbonyl (C=O) groups is 2. The van der Waals surface area contributed by atoms with Gasteiger partial charge in [-0.2, -0.15) is 0 Å². The molecule has 1 aromatic carbocycles. The number of carbonyl (C=O) groups excluding carboxylic acids is 2. The van der Waals surface area contributed by atoms with Gasteiger partial charge in [0.2, 0.25) is 5.91 Å². The van der Waals surface area contributed by atoms with Gasteiger partial charge in [0.25, 0.3) is 5.91 Å². The van der Waals surface area contributed by atoms with Crippen molar-refractivity contribution in [2.24, 2.45) is 0 Å². The monoisotopic (exact) mass is 437 g/mol. The summed E-state index contributed by atoms with van der Waals surface area (Å²) in [7, 11) is 0. The Kier molecular flexibility index (Phi) is 7.24. The first-order valence-electron chi connectivity index (χ1n) is 11.6. The molecular formula is C25H31N3O4. The highest BCUT2D eigenvalue weighted by atomic mass is 16.5. The summed E-state index contributed by atoms with van der Waals surface area (Å²) in [6.45, 7) is 1.89. The number of benzene rings is 1. The van der Waals surface area contributed by atoms with Gasteiger partial charge in [0.05, 0.1) is 6.54 Å². The van der Waals surface area contributed by atoms with Crippen LogP contribution in [0.4, 0.5) is 0 Å². The summed E-state index contributed by atoms with van der Waals surface area (Å²) in [6.07, 6.45) is 7.59. The Morgan fingerprint density at radius 2 is 1.94 bits per heavy atom. The number of piperidine rings is 1. The Morgan fingerprint density at radius 3 is 2.81 bits per heavy atom. The van der Waals surface area contributed by atoms with Gasteiger partial charge in [-0.15, -0.1) is 0 Å². The first-order valence-corrected chi connectivity index (χ1v) is 11.6. The Balaban J connectivity index is 1.54. The molecule has 32 heavy (non-hydrogen) atoms. The fourth-order valence-electron chi connectivity index (χ4n) is 4.62. The van der Waals surface area contributed by atoms with E-state index in [1.54, 1.807) is 11.0 Å². The highest BCUT2D eigenvalue weighted by molar-refractivity contribution is 5.94. The molecule has 1 N–H and O–H groups in total. The lowest BCUT2D eigenvalue weighted by molar-refractivity contribution is -0.135. The molecule has 2 aromatic rings. The number of aryl methyl sites for hydroxylation is 1. The molecule has 2 amide bonds. The number of rotatable bonds is 1. The van der Waals surface area contributed by atoms with Crippen molar-refractivity contribution in [3.63, 3.8) is 0 Å². The van der Waals surface area contributed by atoms with Crippen molar-refractivity contribution in [3.8, 4) is 11.5 Å². The minimum absolute atomic E-state index is 0.0230. The minimum atomic E-state index is -0.354. The summed E-state index contributed by atoms with van der Waals surface area (Å²) >= 11 is 0. The highest BCUT2D eigenvalue weighted by Gasteiger charge is 2.27. The minimum Gasteiger partial charge on any atom is -0.505 e. The molecule has 4 rings (SSSR count). The topological polar surface area (TPSA) is 83.0 Å². The second-order valence-corrected chi connectivity index (χ2v) is 8.54. The summed E-state index contributed by atoms with van der Waals surface area (Å²) < 4.78 is 5.94. The number of fused-ring (bicyclic) bond motifs is 3. The molecule has 0 aliphatic carbocycles. The van der Waals surface area contributed by atoms with Gasteiger partial charge in [-0.25, -0.2) is 4.98 Å². The SMILES string of the molecule is O=C(c1ncccc1O)N1CCCC(=O)N2CCCCC2CCc2cccc(c2)OCC1. The Bertz CT molecular complexity index is 948. The number of pyridine rings is 1. The zero-order valence-corrected chi connectivity index (χ0v) is 18.4. The lowest BCUT2D eigenvalue weighted by atomic mass is 9.95. The fraction of sp³-hybridized carbons (Fsp3) is 0.480. The van der Waals surface area contributed by atoms with Crippen molar-refractivity contribution >= 4 is 11.8 Å². The van der Waals surface area contributed by atoms with Crippen LogP contribution in [0, 0.1) is 0 Å². The molecule has 7 heteroatoms. The summed E-state index contributed by atoms with van der Waals surface area (Å²) in [5.41, 5.74) is 1.22. The van der Waals surface area contributed by atoms with E-state index in [4.69, 9.17) is 4.74 Å². The first-order chi connectivity index (χ1) is 15.6. The van der Waals surface area contributed by atoms with Crippen LogP contribution in [0.15, 0.2) is 42.6 Å². The Labute approximate surface area is 189 Å². The van der Waals surface area contributed by atoms with E-state index in [2.05, 4.69) is 16.0 Å². The van der Waals surface area contributed by atoms with Gasteiger partial charge in [0, 0.05) is 31.7 Å². The lowest BCUT2D eigenvalue weighted by Crippen LogP contribution is -2.44. The van der Waals surface area contributed by atoms with Gasteiger partial charge >= 0.3 is 0 Å². The van der Waals surface area contributed by atoms with E-state index in [1.165, 1.54) is 17.8 Å². The maximum Gasteiger partial charge on any atom is 0.276 e. The molecule has 1 unspecified atom stereocenters. The van der Waals surface area contributed by atoms with Crippen LogP contribution >= 0.6 is 0 Å². The van der Waals surface area contributed by atoms with Gasteiger partial charge in [-0.3, -0.25) is 9.59 Å². The Morgan fingerprint density at radius 1 is 1.03 bits per heavy atom. The van der Waals surface area contributed by atoms with E-state index in [0.29, 0.717) is 32.5 Å². The van der Waals surface area contributed by atoms with E-state index < -0.39 is 0 Å². The van der Waals surface area contributed by atoms with Crippen molar-refractivity contribution < 1.29 is 19.4 Å². The maximum atomic E-state index is 13.1. The molecule has 0 spiro atoms. The largest absolute Gasteiger partial charge is 0.505 e. The highest BCUT2D eigenvalue weighted by Crippen LogP contribution is 2.24. The number of aromatic nitrogens is 1. The van der Waals surface area contributed by atoms with Crippen LogP contribution in [-0.2, 0) is 11.2 Å². The molecule has 1 atom stereocenters. The first kappa shape index (κ1) is 22.1. The average molecular weight is 438 g/mol. The van der Waals surface area contributed by atoms with Crippen molar-refractivity contribution in [3.05, 3.63) is 53.9 Å². The molecule has 1 aromatic heterocycles. The summed E-state index contributed by atoms with van der Waals surface area (Å²) in [5.74, 6) is 0.451. The number of nitrogens with zero attached hydrogens (tertiary/aromatic N) is 3. The second-order valence-electron chi connectivity index (χ2n) is 8.54. The number of hydrogen-bond acceptors (Lipinski definition) is 5. The van der Waals surface area contributed by atoms with Crippen LogP contribution in [0.1, 0.15) is 54.6 Å². The lowest BCUT2D eigenvalue weighted by Gasteiger charge is -2.36. The van der Waals surface area contributed by atoms with Crippen LogP contribution < -0.4 is 4.74 Å². The third kappa shape index (κ3) is 5.39. The smallest absolute Gasteiger partial charge is 0.276 e. The Hall–Kier alpha value is -3.09. The molecule has 0 saturated carbocycles. The molecule has 1 saturated heterocycles. The predicted molar refractivity (Wildman–Crippen MR) is 121 cm³/mol. The van der Waals surface area contributed by atoms with Crippen LogP contribution in [0.5, 0.6) is 11.5 Å². The van der Waals surface area contributed by atoms with Crippen molar-refractivity contribution in [1.29, 1.82) is 0 Å². The molecule has 2 bridgehead atoms. The zero-order valence-electron chi connectivity index (χ0n) is 18.4. The van der Waals surface area contributed by atoms with Gasteiger partial charge < -0.3 is 19.6 Å². The summed E-state index contributed by atoms with van der Waals surface area (Å²) in [6, 6.07) is 11.4. The second kappa shape index (κ2) is 10.5. The van der Waals surface area contributed by atoms with Crippen molar-refractivity contribution in [1.82, 2.24) is 14.8 Å². The van der Waals surface area contributed by atoms with Crippen LogP contribution in [-0.4, -0.2) is 64.0 Å². The number of amides is 2. The van der Waals surface area contributed by atoms with Crippen LogP contribution in [0.2, 0.25) is 0 Å². The predicted octanol–water partition coefficient (Wildman–Crippen LogP) is 3.42. The normalized spacial score (nSPS) is 20.5. The number of hydrogen-bond donors (Lipinski definition) is 1. The molecule has 2 aliphatic rings. The third-order valence-electron chi connectivity index (χ3n) is 6.34. The average Bonchev–Trinajstić information content (AvgIpc) is 2.82. The van der Waals surface area contributed by atoms with Gasteiger partial charge in [-0.05, 0) is 68.4 Å². The van der Waals surface area contributed by atoms with Crippen LogP contribution in [0.3, 0.4) is 0 Å². The third-order valence-corrected chi connectivity index (χ3v) is 6.34. The molecule has 7 nitrogen and oxygen atoms in total. The number of ether oxygens (including phenoxy) is 1. The van der Waals surface area contributed by atoms with Gasteiger partial charge in [-0.1, -0.05) is 12.1 Å². The van der Waals surface area contributed by atoms with E-state index in [-0.39, 0.29) is 29.3 Å². The van der Waals surface area contributed by atoms with Gasteiger partial charge in [0.15, 0.2) is 5.69 Å². The molecule has 1 fully saturated rings. The standard InChI is InChI=1S/C25H31N3O4/c29-22-9-4-13-26-24(22)25(31)27-14-5-10-23(30)28-15-2-1-7-20(28)12-11-19-6-3-8-21(18-19)32-17-16-27/h3-4,6,8-9,13,18,20,29H,1-2,5,7,10-12,14-17H2. The van der Waals surface area contributed by atoms with Crippen molar-refractivity contribution in [2.45, 2.75) is 51.0 Å². The van der Waals surface area contributed by atoms with Crippen LogP contribution in [0.25, 0.3) is 0 Å². The van der Waals surface area contributed by atoms with E-state index >= 15 is 0 Å². The van der Waals surface area contributed by atoms with Crippen molar-refractivity contribution in [2.75, 3.05) is 26.2 Å². The molecule has 170 valence electrons.